The first-order chi connectivity index (χ1) is 11.9. The van der Waals surface area contributed by atoms with Crippen LogP contribution < -0.4 is 11.1 Å². The lowest BCUT2D eigenvalue weighted by molar-refractivity contribution is -0.148. The number of aliphatic hydroxyl groups excluding tert-OH is 1. The first kappa shape index (κ1) is 19.4. The number of nitrogens with two attached hydrogens (primary N) is 1. The van der Waals surface area contributed by atoms with Gasteiger partial charge in [-0.1, -0.05) is 30.3 Å². The molecule has 7 nitrogen and oxygen atoms in total. The summed E-state index contributed by atoms with van der Waals surface area (Å²) >= 11 is 0. The standard InChI is InChI=1S/C18H27N3O4/c19-16(23)8-10-20-13-18(25)9-11-21(12-15(18)22)17(24)7-6-14-4-2-1-3-5-14/h1-5,15,20,22,25H,6-13H2,(H2,19,23)/t15-,18-/m0/s1. The van der Waals surface area contributed by atoms with Crippen molar-refractivity contribution in [1.29, 1.82) is 0 Å². The van der Waals surface area contributed by atoms with Crippen LogP contribution in [0.4, 0.5) is 0 Å². The maximum Gasteiger partial charge on any atom is 0.222 e. The number of rotatable bonds is 8. The summed E-state index contributed by atoms with van der Waals surface area (Å²) in [6, 6.07) is 9.78. The van der Waals surface area contributed by atoms with E-state index < -0.39 is 17.6 Å². The summed E-state index contributed by atoms with van der Waals surface area (Å²) in [5.41, 5.74) is 4.86. The van der Waals surface area contributed by atoms with Crippen LogP contribution in [0.15, 0.2) is 30.3 Å². The van der Waals surface area contributed by atoms with Gasteiger partial charge in [0.25, 0.3) is 0 Å². The van der Waals surface area contributed by atoms with Crippen LogP contribution in [-0.4, -0.2) is 64.8 Å². The van der Waals surface area contributed by atoms with Crippen molar-refractivity contribution >= 4 is 11.8 Å². The molecule has 138 valence electrons. The number of nitrogens with one attached hydrogen (secondary N) is 1. The van der Waals surface area contributed by atoms with Gasteiger partial charge < -0.3 is 26.2 Å². The third-order valence-corrected chi connectivity index (χ3v) is 4.63. The molecule has 5 N–H and O–H groups in total. The maximum atomic E-state index is 12.3. The number of primary amides is 1. The second-order valence-corrected chi connectivity index (χ2v) is 6.59. The van der Waals surface area contributed by atoms with Crippen molar-refractivity contribution in [2.75, 3.05) is 26.2 Å². The molecule has 0 bridgehead atoms. The third kappa shape index (κ3) is 5.81. The predicted molar refractivity (Wildman–Crippen MR) is 93.6 cm³/mol. The summed E-state index contributed by atoms with van der Waals surface area (Å²) in [5, 5.41) is 23.7. The van der Waals surface area contributed by atoms with E-state index in [0.717, 1.165) is 5.56 Å². The minimum atomic E-state index is -1.30. The molecule has 1 aromatic carbocycles. The molecule has 1 fully saturated rings. The average Bonchev–Trinajstić information content (AvgIpc) is 2.60. The molecule has 1 saturated heterocycles. The number of likely N-dealkylation sites (tertiary alicyclic amines) is 1. The SMILES string of the molecule is NC(=O)CCNC[C@@]1(O)CCN(C(=O)CCc2ccccc2)C[C@@H]1O. The molecule has 1 aliphatic rings. The molecular formula is C18H27N3O4. The number of carbonyl (C=O) groups excluding carboxylic acids is 2. The highest BCUT2D eigenvalue weighted by molar-refractivity contribution is 5.76. The van der Waals surface area contributed by atoms with Gasteiger partial charge in [0.15, 0.2) is 0 Å². The van der Waals surface area contributed by atoms with Crippen LogP contribution >= 0.6 is 0 Å². The van der Waals surface area contributed by atoms with Crippen LogP contribution in [0.5, 0.6) is 0 Å². The fourth-order valence-electron chi connectivity index (χ4n) is 2.97. The zero-order valence-corrected chi connectivity index (χ0v) is 14.4. The molecule has 25 heavy (non-hydrogen) atoms. The van der Waals surface area contributed by atoms with E-state index in [4.69, 9.17) is 5.73 Å². The largest absolute Gasteiger partial charge is 0.388 e. The average molecular weight is 349 g/mol. The molecule has 2 atom stereocenters. The Morgan fingerprint density at radius 2 is 2.00 bits per heavy atom. The highest BCUT2D eigenvalue weighted by Gasteiger charge is 2.41. The Kier molecular flexibility index (Phi) is 6.92. The van der Waals surface area contributed by atoms with Gasteiger partial charge in [-0.2, -0.15) is 0 Å². The summed E-state index contributed by atoms with van der Waals surface area (Å²) < 4.78 is 0. The summed E-state index contributed by atoms with van der Waals surface area (Å²) in [6.45, 7) is 1.03. The van der Waals surface area contributed by atoms with Crippen LogP contribution in [0, 0.1) is 0 Å². The van der Waals surface area contributed by atoms with E-state index >= 15 is 0 Å². The third-order valence-electron chi connectivity index (χ3n) is 4.63. The molecule has 0 radical (unpaired) electrons. The van der Waals surface area contributed by atoms with Crippen LogP contribution in [0.25, 0.3) is 0 Å². The van der Waals surface area contributed by atoms with E-state index in [1.165, 1.54) is 0 Å². The first-order valence-electron chi connectivity index (χ1n) is 8.62. The minimum Gasteiger partial charge on any atom is -0.388 e. The Morgan fingerprint density at radius 1 is 1.28 bits per heavy atom. The maximum absolute atomic E-state index is 12.3. The van der Waals surface area contributed by atoms with Crippen LogP contribution in [-0.2, 0) is 16.0 Å². The number of hydrogen-bond acceptors (Lipinski definition) is 5. The smallest absolute Gasteiger partial charge is 0.222 e. The molecule has 7 heteroatoms. The van der Waals surface area contributed by atoms with E-state index in [0.29, 0.717) is 25.9 Å². The van der Waals surface area contributed by atoms with Crippen LogP contribution in [0.3, 0.4) is 0 Å². The molecule has 2 rings (SSSR count). The van der Waals surface area contributed by atoms with Gasteiger partial charge in [0.05, 0.1) is 0 Å². The number of β-amino-alcohol motifs (C(OH)–C–C–N with tert-alkyl or cyclic N) is 1. The molecule has 1 heterocycles. The minimum absolute atomic E-state index is 0.0216. The van der Waals surface area contributed by atoms with Gasteiger partial charge in [0.2, 0.25) is 11.8 Å². The van der Waals surface area contributed by atoms with Crippen molar-refractivity contribution < 1.29 is 19.8 Å². The van der Waals surface area contributed by atoms with Gasteiger partial charge >= 0.3 is 0 Å². The number of carbonyl (C=O) groups is 2. The molecule has 0 unspecified atom stereocenters. The monoisotopic (exact) mass is 349 g/mol. The molecule has 0 spiro atoms. The zero-order valence-electron chi connectivity index (χ0n) is 14.4. The van der Waals surface area contributed by atoms with Crippen molar-refractivity contribution in [2.24, 2.45) is 5.73 Å². The normalized spacial score (nSPS) is 23.4. The lowest BCUT2D eigenvalue weighted by Crippen LogP contribution is -2.60. The molecule has 0 aliphatic carbocycles. The van der Waals surface area contributed by atoms with Gasteiger partial charge in [-0.25, -0.2) is 0 Å². The predicted octanol–water partition coefficient (Wildman–Crippen LogP) is -0.591. The molecule has 0 saturated carbocycles. The zero-order chi connectivity index (χ0) is 18.3. The number of nitrogens with zero attached hydrogens (tertiary/aromatic N) is 1. The van der Waals surface area contributed by atoms with Crippen molar-refractivity contribution in [3.05, 3.63) is 35.9 Å². The Balaban J connectivity index is 1.77. The highest BCUT2D eigenvalue weighted by atomic mass is 16.3. The number of piperidine rings is 1. The molecule has 1 aliphatic heterocycles. The van der Waals surface area contributed by atoms with Crippen molar-refractivity contribution in [2.45, 2.75) is 37.4 Å². The fraction of sp³-hybridized carbons (Fsp3) is 0.556. The summed E-state index contributed by atoms with van der Waals surface area (Å²) in [7, 11) is 0. The Morgan fingerprint density at radius 3 is 2.64 bits per heavy atom. The fourth-order valence-corrected chi connectivity index (χ4v) is 2.97. The number of amides is 2. The highest BCUT2D eigenvalue weighted by Crippen LogP contribution is 2.23. The second-order valence-electron chi connectivity index (χ2n) is 6.59. The second kappa shape index (κ2) is 8.94. The van der Waals surface area contributed by atoms with Gasteiger partial charge in [-0.05, 0) is 18.4 Å². The van der Waals surface area contributed by atoms with Crippen molar-refractivity contribution in [3.63, 3.8) is 0 Å². The first-order valence-corrected chi connectivity index (χ1v) is 8.62. The van der Waals surface area contributed by atoms with Gasteiger partial charge in [0.1, 0.15) is 11.7 Å². The van der Waals surface area contributed by atoms with E-state index in [9.17, 15) is 19.8 Å². The van der Waals surface area contributed by atoms with Crippen LogP contribution in [0.1, 0.15) is 24.8 Å². The van der Waals surface area contributed by atoms with E-state index in [2.05, 4.69) is 5.32 Å². The summed E-state index contributed by atoms with van der Waals surface area (Å²) in [4.78, 5) is 24.6. The van der Waals surface area contributed by atoms with Crippen molar-refractivity contribution in [1.82, 2.24) is 10.2 Å². The summed E-state index contributed by atoms with van der Waals surface area (Å²) in [5.74, 6) is -0.439. The quantitative estimate of drug-likeness (QED) is 0.468. The van der Waals surface area contributed by atoms with Crippen molar-refractivity contribution in [3.8, 4) is 0 Å². The molecule has 0 aromatic heterocycles. The van der Waals surface area contributed by atoms with Gasteiger partial charge in [-0.3, -0.25) is 9.59 Å². The molecule has 2 amide bonds. The number of aryl methyl sites for hydroxylation is 1. The Hall–Kier alpha value is -1.96. The van der Waals surface area contributed by atoms with E-state index in [1.807, 2.05) is 30.3 Å². The van der Waals surface area contributed by atoms with E-state index in [1.54, 1.807) is 4.90 Å². The van der Waals surface area contributed by atoms with Crippen LogP contribution in [0.2, 0.25) is 0 Å². The topological polar surface area (TPSA) is 116 Å². The lowest BCUT2D eigenvalue weighted by Gasteiger charge is -2.42. The number of aliphatic hydroxyl groups is 2. The molecule has 1 aromatic rings. The molecular weight excluding hydrogens is 322 g/mol. The number of benzene rings is 1. The van der Waals surface area contributed by atoms with E-state index in [-0.39, 0.29) is 31.8 Å². The number of hydrogen-bond donors (Lipinski definition) is 4. The Bertz CT molecular complexity index is 581. The Labute approximate surface area is 147 Å². The van der Waals surface area contributed by atoms with Gasteiger partial charge in [0, 0.05) is 39.0 Å². The summed E-state index contributed by atoms with van der Waals surface area (Å²) in [6.07, 6.45) is 0.477. The lowest BCUT2D eigenvalue weighted by atomic mass is 9.88. The van der Waals surface area contributed by atoms with Gasteiger partial charge in [-0.15, -0.1) is 0 Å².